The Bertz CT molecular complexity index is 618. The second kappa shape index (κ2) is 6.40. The molecular weight excluding hydrogens is 292 g/mol. The largest absolute Gasteiger partial charge is 0.369 e. The first-order valence-corrected chi connectivity index (χ1v) is 8.34. The fourth-order valence-electron chi connectivity index (χ4n) is 2.20. The van der Waals surface area contributed by atoms with Crippen LogP contribution in [-0.4, -0.2) is 61.7 Å². The molecule has 116 valence electrons. The van der Waals surface area contributed by atoms with E-state index in [0.717, 1.165) is 0 Å². The van der Waals surface area contributed by atoms with Crippen LogP contribution in [0, 0.1) is 0 Å². The van der Waals surface area contributed by atoms with Gasteiger partial charge in [-0.15, -0.1) is 0 Å². The maximum absolute atomic E-state index is 12.8. The van der Waals surface area contributed by atoms with E-state index >= 15 is 0 Å². The minimum absolute atomic E-state index is 0.115. The van der Waals surface area contributed by atoms with Crippen LogP contribution in [0.4, 0.5) is 5.82 Å². The molecule has 0 spiro atoms. The van der Waals surface area contributed by atoms with Gasteiger partial charge in [-0.2, -0.15) is 4.31 Å². The summed E-state index contributed by atoms with van der Waals surface area (Å²) in [6, 6.07) is 3.10. The van der Waals surface area contributed by atoms with E-state index in [1.54, 1.807) is 24.2 Å². The van der Waals surface area contributed by atoms with E-state index in [2.05, 4.69) is 10.3 Å². The average molecular weight is 312 g/mol. The van der Waals surface area contributed by atoms with Crippen molar-refractivity contribution in [2.24, 2.45) is 0 Å². The van der Waals surface area contributed by atoms with Crippen LogP contribution >= 0.6 is 0 Å². The summed E-state index contributed by atoms with van der Waals surface area (Å²) in [4.78, 5) is 17.7. The minimum Gasteiger partial charge on any atom is -0.369 e. The van der Waals surface area contributed by atoms with Crippen LogP contribution in [-0.2, 0) is 14.8 Å². The van der Waals surface area contributed by atoms with Crippen molar-refractivity contribution < 1.29 is 13.2 Å². The molecule has 0 unspecified atom stereocenters. The minimum atomic E-state index is -3.73. The molecule has 0 aromatic carbocycles. The van der Waals surface area contributed by atoms with Crippen molar-refractivity contribution in [3.63, 3.8) is 0 Å². The van der Waals surface area contributed by atoms with Gasteiger partial charge in [0.25, 0.3) is 0 Å². The van der Waals surface area contributed by atoms with E-state index < -0.39 is 10.0 Å². The molecule has 2 rings (SSSR count). The lowest BCUT2D eigenvalue weighted by Gasteiger charge is -2.20. The molecule has 0 aliphatic carbocycles. The molecule has 7 nitrogen and oxygen atoms in total. The number of hydrogen-bond acceptors (Lipinski definition) is 5. The van der Waals surface area contributed by atoms with Gasteiger partial charge in [-0.3, -0.25) is 4.79 Å². The first-order chi connectivity index (χ1) is 9.96. The first-order valence-electron chi connectivity index (χ1n) is 6.90. The number of rotatable bonds is 4. The van der Waals surface area contributed by atoms with Gasteiger partial charge in [-0.1, -0.05) is 0 Å². The molecule has 2 heterocycles. The predicted molar refractivity (Wildman–Crippen MR) is 79.4 cm³/mol. The van der Waals surface area contributed by atoms with Crippen LogP contribution in [0.2, 0.25) is 0 Å². The zero-order chi connectivity index (χ0) is 15.5. The van der Waals surface area contributed by atoms with E-state index in [9.17, 15) is 13.2 Å². The molecule has 1 aromatic heterocycles. The molecule has 0 radical (unpaired) electrons. The maximum atomic E-state index is 12.8. The summed E-state index contributed by atoms with van der Waals surface area (Å²) < 4.78 is 26.8. The fourth-order valence-corrected chi connectivity index (χ4v) is 3.75. The van der Waals surface area contributed by atoms with Gasteiger partial charge >= 0.3 is 0 Å². The van der Waals surface area contributed by atoms with Crippen molar-refractivity contribution in [1.82, 2.24) is 14.2 Å². The monoisotopic (exact) mass is 312 g/mol. The van der Waals surface area contributed by atoms with E-state index in [4.69, 9.17) is 0 Å². The highest BCUT2D eigenvalue weighted by molar-refractivity contribution is 7.89. The zero-order valence-corrected chi connectivity index (χ0v) is 13.1. The van der Waals surface area contributed by atoms with Crippen molar-refractivity contribution >= 4 is 21.7 Å². The molecule has 1 fully saturated rings. The number of nitrogens with one attached hydrogen (secondary N) is 1. The van der Waals surface area contributed by atoms with E-state index in [0.29, 0.717) is 31.9 Å². The molecule has 8 heteroatoms. The lowest BCUT2D eigenvalue weighted by atomic mass is 10.4. The molecule has 0 atom stereocenters. The lowest BCUT2D eigenvalue weighted by Crippen LogP contribution is -2.38. The first kappa shape index (κ1) is 15.7. The molecule has 1 aliphatic rings. The Kier molecular flexibility index (Phi) is 4.79. The van der Waals surface area contributed by atoms with E-state index in [1.807, 2.05) is 6.92 Å². The van der Waals surface area contributed by atoms with Gasteiger partial charge < -0.3 is 10.2 Å². The number of anilines is 1. The predicted octanol–water partition coefficient (Wildman–Crippen LogP) is 0.366. The molecule has 1 amide bonds. The lowest BCUT2D eigenvalue weighted by molar-refractivity contribution is -0.129. The van der Waals surface area contributed by atoms with Gasteiger partial charge in [0.2, 0.25) is 15.9 Å². The number of hydrogen-bond donors (Lipinski definition) is 1. The van der Waals surface area contributed by atoms with Crippen molar-refractivity contribution in [2.45, 2.75) is 18.2 Å². The standard InChI is InChI=1S/C13H20N4O3S/c1-3-14-13-11(6-4-7-15-13)21(19,20)17-9-5-8-16(2)12(18)10-17/h4,6-7H,3,5,8-10H2,1-2H3,(H,14,15). The highest BCUT2D eigenvalue weighted by Gasteiger charge is 2.31. The van der Waals surface area contributed by atoms with Crippen LogP contribution < -0.4 is 5.32 Å². The Hall–Kier alpha value is -1.67. The number of aromatic nitrogens is 1. The molecule has 1 aliphatic heterocycles. The summed E-state index contributed by atoms with van der Waals surface area (Å²) in [6.45, 7) is 3.22. The Labute approximate surface area is 125 Å². The molecule has 0 saturated carbocycles. The summed E-state index contributed by atoms with van der Waals surface area (Å²) in [5.41, 5.74) is 0. The van der Waals surface area contributed by atoms with Crippen molar-refractivity contribution in [1.29, 1.82) is 0 Å². The highest BCUT2D eigenvalue weighted by atomic mass is 32.2. The second-order valence-corrected chi connectivity index (χ2v) is 6.79. The molecule has 0 bridgehead atoms. The van der Waals surface area contributed by atoms with E-state index in [1.165, 1.54) is 10.4 Å². The number of carbonyl (C=O) groups is 1. The van der Waals surface area contributed by atoms with Gasteiger partial charge in [0.1, 0.15) is 10.7 Å². The average Bonchev–Trinajstić information content (AvgIpc) is 2.62. The number of nitrogens with zero attached hydrogens (tertiary/aromatic N) is 3. The zero-order valence-electron chi connectivity index (χ0n) is 12.2. The summed E-state index contributed by atoms with van der Waals surface area (Å²) in [6.07, 6.45) is 2.16. The van der Waals surface area contributed by atoms with Crippen LogP contribution in [0.1, 0.15) is 13.3 Å². The Balaban J connectivity index is 2.35. The summed E-state index contributed by atoms with van der Waals surface area (Å²) in [7, 11) is -2.05. The number of amides is 1. The topological polar surface area (TPSA) is 82.6 Å². The van der Waals surface area contributed by atoms with Crippen molar-refractivity contribution in [3.8, 4) is 0 Å². The van der Waals surface area contributed by atoms with Crippen LogP contribution in [0.3, 0.4) is 0 Å². The number of pyridine rings is 1. The van der Waals surface area contributed by atoms with Gasteiger partial charge in [0, 0.05) is 32.9 Å². The SMILES string of the molecule is CCNc1ncccc1S(=O)(=O)N1CCCN(C)C(=O)C1. The molecule has 1 N–H and O–H groups in total. The fraction of sp³-hybridized carbons (Fsp3) is 0.538. The van der Waals surface area contributed by atoms with Gasteiger partial charge in [-0.05, 0) is 25.5 Å². The quantitative estimate of drug-likeness (QED) is 0.868. The Morgan fingerprint density at radius 2 is 2.14 bits per heavy atom. The molecule has 1 saturated heterocycles. The summed E-state index contributed by atoms with van der Waals surface area (Å²) in [5, 5.41) is 2.94. The molecular formula is C13H20N4O3S. The third kappa shape index (κ3) is 3.33. The Morgan fingerprint density at radius 3 is 2.86 bits per heavy atom. The third-order valence-electron chi connectivity index (χ3n) is 3.37. The van der Waals surface area contributed by atoms with Crippen LogP contribution in [0.25, 0.3) is 0 Å². The van der Waals surface area contributed by atoms with Gasteiger partial charge in [-0.25, -0.2) is 13.4 Å². The highest BCUT2D eigenvalue weighted by Crippen LogP contribution is 2.23. The third-order valence-corrected chi connectivity index (χ3v) is 5.25. The molecule has 1 aromatic rings. The van der Waals surface area contributed by atoms with Crippen molar-refractivity contribution in [3.05, 3.63) is 18.3 Å². The second-order valence-electron chi connectivity index (χ2n) is 4.89. The summed E-state index contributed by atoms with van der Waals surface area (Å²) >= 11 is 0. The summed E-state index contributed by atoms with van der Waals surface area (Å²) in [5.74, 6) is 0.134. The van der Waals surface area contributed by atoms with E-state index in [-0.39, 0.29) is 17.3 Å². The number of likely N-dealkylation sites (N-methyl/N-ethyl adjacent to an activating group) is 1. The van der Waals surface area contributed by atoms with Crippen molar-refractivity contribution in [2.75, 3.05) is 38.5 Å². The normalized spacial score (nSPS) is 17.6. The van der Waals surface area contributed by atoms with Gasteiger partial charge in [0.05, 0.1) is 6.54 Å². The van der Waals surface area contributed by atoms with Crippen LogP contribution in [0.15, 0.2) is 23.2 Å². The van der Waals surface area contributed by atoms with Crippen LogP contribution in [0.5, 0.6) is 0 Å². The number of carbonyl (C=O) groups excluding carboxylic acids is 1. The molecule has 21 heavy (non-hydrogen) atoms. The Morgan fingerprint density at radius 1 is 1.38 bits per heavy atom. The van der Waals surface area contributed by atoms with Gasteiger partial charge in [0.15, 0.2) is 0 Å². The number of sulfonamides is 1. The smallest absolute Gasteiger partial charge is 0.247 e. The maximum Gasteiger partial charge on any atom is 0.247 e.